The van der Waals surface area contributed by atoms with Crippen molar-refractivity contribution in [2.24, 2.45) is 0 Å². The third-order valence-corrected chi connectivity index (χ3v) is 2.89. The van der Waals surface area contributed by atoms with Gasteiger partial charge in [-0.1, -0.05) is 6.07 Å². The van der Waals surface area contributed by atoms with E-state index >= 15 is 0 Å². The molecule has 0 radical (unpaired) electrons. The van der Waals surface area contributed by atoms with Crippen molar-refractivity contribution in [1.29, 1.82) is 5.26 Å². The van der Waals surface area contributed by atoms with Crippen LogP contribution >= 0.6 is 0 Å². The molecule has 2 aromatic rings. The van der Waals surface area contributed by atoms with E-state index in [1.807, 2.05) is 6.07 Å². The average Bonchev–Trinajstić information content (AvgIpc) is 2.59. The zero-order valence-corrected chi connectivity index (χ0v) is 13.1. The van der Waals surface area contributed by atoms with E-state index in [1.165, 1.54) is 13.2 Å². The van der Waals surface area contributed by atoms with E-state index in [0.29, 0.717) is 22.9 Å². The summed E-state index contributed by atoms with van der Waals surface area (Å²) in [4.78, 5) is 26.3. The van der Waals surface area contributed by atoms with E-state index in [4.69, 9.17) is 10.00 Å². The Morgan fingerprint density at radius 1 is 1.35 bits per heavy atom. The van der Waals surface area contributed by atoms with Crippen LogP contribution in [0, 0.1) is 11.3 Å². The number of amides is 1. The Balaban J connectivity index is 2.12. The maximum atomic E-state index is 12.1. The van der Waals surface area contributed by atoms with Crippen molar-refractivity contribution >= 4 is 11.9 Å². The van der Waals surface area contributed by atoms with Gasteiger partial charge >= 0.3 is 6.01 Å². The number of hydrogen-bond acceptors (Lipinski definition) is 7. The molecule has 8 nitrogen and oxygen atoms in total. The molecule has 0 fully saturated rings. The summed E-state index contributed by atoms with van der Waals surface area (Å²) in [5.41, 5.74) is 0.826. The molecule has 8 heteroatoms. The molecule has 2 rings (SSSR count). The van der Waals surface area contributed by atoms with Gasteiger partial charge in [-0.2, -0.15) is 20.2 Å². The fraction of sp³-hybridized carbons (Fsp3) is 0.267. The summed E-state index contributed by atoms with van der Waals surface area (Å²) in [6, 6.07) is 8.62. The van der Waals surface area contributed by atoms with Crippen molar-refractivity contribution in [3.8, 4) is 12.1 Å². The van der Waals surface area contributed by atoms with Gasteiger partial charge in [0.1, 0.15) is 0 Å². The number of carbonyl (C=O) groups is 1. The van der Waals surface area contributed by atoms with Gasteiger partial charge in [0.2, 0.25) is 5.95 Å². The van der Waals surface area contributed by atoms with E-state index in [2.05, 4.69) is 20.3 Å². The van der Waals surface area contributed by atoms with Crippen LogP contribution in [0.1, 0.15) is 21.7 Å². The molecule has 0 saturated carbocycles. The number of hydrogen-bond donors (Lipinski definition) is 1. The molecular formula is C15H16N6O2. The maximum absolute atomic E-state index is 12.1. The van der Waals surface area contributed by atoms with Crippen LogP contribution in [0.5, 0.6) is 6.01 Å². The Morgan fingerprint density at radius 3 is 2.78 bits per heavy atom. The summed E-state index contributed by atoms with van der Waals surface area (Å²) in [6.45, 7) is 0.120. The first-order valence-electron chi connectivity index (χ1n) is 6.78. The molecule has 0 aliphatic heterocycles. The van der Waals surface area contributed by atoms with Crippen LogP contribution in [0.3, 0.4) is 0 Å². The van der Waals surface area contributed by atoms with Crippen molar-refractivity contribution in [3.63, 3.8) is 0 Å². The zero-order chi connectivity index (χ0) is 16.8. The van der Waals surface area contributed by atoms with Gasteiger partial charge in [-0.05, 0) is 18.2 Å². The summed E-state index contributed by atoms with van der Waals surface area (Å²) in [5.74, 6) is 0.505. The second kappa shape index (κ2) is 7.17. The molecule has 118 valence electrons. The first-order chi connectivity index (χ1) is 11.0. The minimum absolute atomic E-state index is 0.120. The number of methoxy groups -OCH3 is 1. The number of nitriles is 1. The predicted molar refractivity (Wildman–Crippen MR) is 83.0 cm³/mol. The molecule has 0 aliphatic carbocycles. The summed E-state index contributed by atoms with van der Waals surface area (Å²) in [6.07, 6.45) is 0. The van der Waals surface area contributed by atoms with Crippen LogP contribution in [-0.2, 0) is 6.54 Å². The normalized spacial score (nSPS) is 9.83. The lowest BCUT2D eigenvalue weighted by Crippen LogP contribution is -2.25. The highest BCUT2D eigenvalue weighted by molar-refractivity contribution is 5.94. The highest BCUT2D eigenvalue weighted by Gasteiger charge is 2.11. The highest BCUT2D eigenvalue weighted by atomic mass is 16.5. The number of nitrogens with one attached hydrogen (secondary N) is 1. The van der Waals surface area contributed by atoms with Gasteiger partial charge in [-0.3, -0.25) is 4.79 Å². The van der Waals surface area contributed by atoms with E-state index < -0.39 is 0 Å². The van der Waals surface area contributed by atoms with Gasteiger partial charge in [0.15, 0.2) is 5.82 Å². The van der Waals surface area contributed by atoms with Gasteiger partial charge < -0.3 is 15.0 Å². The summed E-state index contributed by atoms with van der Waals surface area (Å²) >= 11 is 0. The van der Waals surface area contributed by atoms with Crippen LogP contribution in [0.4, 0.5) is 5.95 Å². The molecule has 1 heterocycles. The Morgan fingerprint density at radius 2 is 2.13 bits per heavy atom. The number of nitrogens with zero attached hydrogens (tertiary/aromatic N) is 5. The number of ether oxygens (including phenoxy) is 1. The molecule has 0 bridgehead atoms. The standard InChI is InChI=1S/C15H16N6O2/c1-21(2)14-18-12(19-15(20-14)23-3)9-17-13(22)11-6-4-5-10(7-11)8-16/h4-7H,9H2,1-3H3,(H,17,22). The molecule has 0 unspecified atom stereocenters. The maximum Gasteiger partial charge on any atom is 0.321 e. The quantitative estimate of drug-likeness (QED) is 0.868. The zero-order valence-electron chi connectivity index (χ0n) is 13.1. The number of anilines is 1. The van der Waals surface area contributed by atoms with E-state index in [0.717, 1.165) is 0 Å². The molecule has 1 amide bonds. The summed E-state index contributed by atoms with van der Waals surface area (Å²) < 4.78 is 5.03. The molecule has 1 aromatic heterocycles. The van der Waals surface area contributed by atoms with Crippen LogP contribution in [0.15, 0.2) is 24.3 Å². The fourth-order valence-corrected chi connectivity index (χ4v) is 1.75. The van der Waals surface area contributed by atoms with E-state index in [-0.39, 0.29) is 18.5 Å². The van der Waals surface area contributed by atoms with Crippen LogP contribution < -0.4 is 15.0 Å². The molecular weight excluding hydrogens is 296 g/mol. The first-order valence-corrected chi connectivity index (χ1v) is 6.78. The van der Waals surface area contributed by atoms with Gasteiger partial charge in [0.05, 0.1) is 25.3 Å². The second-order valence-electron chi connectivity index (χ2n) is 4.81. The largest absolute Gasteiger partial charge is 0.467 e. The highest BCUT2D eigenvalue weighted by Crippen LogP contribution is 2.10. The number of benzene rings is 1. The topological polar surface area (TPSA) is 104 Å². The minimum Gasteiger partial charge on any atom is -0.467 e. The fourth-order valence-electron chi connectivity index (χ4n) is 1.75. The van der Waals surface area contributed by atoms with Crippen molar-refractivity contribution in [3.05, 3.63) is 41.2 Å². The number of rotatable bonds is 5. The minimum atomic E-state index is -0.312. The monoisotopic (exact) mass is 312 g/mol. The molecule has 0 aliphatic rings. The summed E-state index contributed by atoms with van der Waals surface area (Å²) in [5, 5.41) is 11.6. The van der Waals surface area contributed by atoms with E-state index in [1.54, 1.807) is 37.2 Å². The molecule has 0 atom stereocenters. The van der Waals surface area contributed by atoms with Crippen molar-refractivity contribution in [2.45, 2.75) is 6.54 Å². The van der Waals surface area contributed by atoms with Crippen LogP contribution in [0.2, 0.25) is 0 Å². The van der Waals surface area contributed by atoms with E-state index in [9.17, 15) is 4.79 Å². The number of aromatic nitrogens is 3. The average molecular weight is 312 g/mol. The molecule has 0 spiro atoms. The van der Waals surface area contributed by atoms with Gasteiger partial charge in [-0.25, -0.2) is 0 Å². The molecule has 1 N–H and O–H groups in total. The lowest BCUT2D eigenvalue weighted by atomic mass is 10.1. The summed E-state index contributed by atoms with van der Waals surface area (Å²) in [7, 11) is 5.06. The van der Waals surface area contributed by atoms with Gasteiger partial charge in [0.25, 0.3) is 5.91 Å². The van der Waals surface area contributed by atoms with Crippen molar-refractivity contribution in [2.75, 3.05) is 26.1 Å². The first kappa shape index (κ1) is 16.2. The SMILES string of the molecule is COc1nc(CNC(=O)c2cccc(C#N)c2)nc(N(C)C)n1. The predicted octanol–water partition coefficient (Wildman–Crippen LogP) is 0.748. The lowest BCUT2D eigenvalue weighted by molar-refractivity contribution is 0.0949. The third kappa shape index (κ3) is 4.14. The second-order valence-corrected chi connectivity index (χ2v) is 4.81. The molecule has 0 saturated heterocycles. The van der Waals surface area contributed by atoms with Crippen molar-refractivity contribution in [1.82, 2.24) is 20.3 Å². The van der Waals surface area contributed by atoms with Crippen molar-refractivity contribution < 1.29 is 9.53 Å². The Hall–Kier alpha value is -3.21. The molecule has 1 aromatic carbocycles. The van der Waals surface area contributed by atoms with Gasteiger partial charge in [0, 0.05) is 19.7 Å². The Bertz CT molecular complexity index is 754. The Kier molecular flexibility index (Phi) is 5.04. The smallest absolute Gasteiger partial charge is 0.321 e. The lowest BCUT2D eigenvalue weighted by Gasteiger charge is -2.12. The number of carbonyl (C=O) groups excluding carboxylic acids is 1. The third-order valence-electron chi connectivity index (χ3n) is 2.89. The molecule has 23 heavy (non-hydrogen) atoms. The Labute approximate surface area is 133 Å². The van der Waals surface area contributed by atoms with Crippen LogP contribution in [0.25, 0.3) is 0 Å². The van der Waals surface area contributed by atoms with Crippen LogP contribution in [-0.4, -0.2) is 42.1 Å². The van der Waals surface area contributed by atoms with Gasteiger partial charge in [-0.15, -0.1) is 0 Å².